The second kappa shape index (κ2) is 13.0. The Hall–Kier alpha value is -1.28. The van der Waals surface area contributed by atoms with E-state index < -0.39 is 0 Å². The summed E-state index contributed by atoms with van der Waals surface area (Å²) in [5.74, 6) is 2.52. The SMILES string of the molecule is CN=C(NCCCc1nnc(SC)n1CC(C)C)NCCN(C(C)C)C(C)C. The zero-order valence-corrected chi connectivity index (χ0v) is 19.9. The van der Waals surface area contributed by atoms with E-state index in [4.69, 9.17) is 0 Å². The van der Waals surface area contributed by atoms with E-state index in [1.165, 1.54) is 0 Å². The Bertz CT molecular complexity index is 573. The van der Waals surface area contributed by atoms with Crippen molar-refractivity contribution in [3.63, 3.8) is 0 Å². The summed E-state index contributed by atoms with van der Waals surface area (Å²) in [6.07, 6.45) is 3.97. The number of rotatable bonds is 12. The van der Waals surface area contributed by atoms with Gasteiger partial charge < -0.3 is 15.2 Å². The van der Waals surface area contributed by atoms with Gasteiger partial charge in [-0.2, -0.15) is 0 Å². The van der Waals surface area contributed by atoms with E-state index in [0.717, 1.165) is 56.0 Å². The first kappa shape index (κ1) is 24.8. The molecule has 0 saturated carbocycles. The van der Waals surface area contributed by atoms with E-state index in [0.29, 0.717) is 18.0 Å². The minimum atomic E-state index is 0.547. The lowest BCUT2D eigenvalue weighted by molar-refractivity contribution is 0.178. The summed E-state index contributed by atoms with van der Waals surface area (Å²) in [5.41, 5.74) is 0. The maximum absolute atomic E-state index is 4.39. The molecule has 0 atom stereocenters. The summed E-state index contributed by atoms with van der Waals surface area (Å²) < 4.78 is 2.26. The van der Waals surface area contributed by atoms with Crippen LogP contribution in [0.1, 0.15) is 53.8 Å². The number of hydrogen-bond donors (Lipinski definition) is 2. The third-order valence-electron chi connectivity index (χ3n) is 4.61. The van der Waals surface area contributed by atoms with Gasteiger partial charge in [-0.05, 0) is 46.3 Å². The molecule has 0 radical (unpaired) electrons. The average Bonchev–Trinajstić information content (AvgIpc) is 3.00. The Morgan fingerprint density at radius 3 is 2.25 bits per heavy atom. The van der Waals surface area contributed by atoms with Crippen LogP contribution in [0.25, 0.3) is 0 Å². The van der Waals surface area contributed by atoms with Crippen LogP contribution < -0.4 is 10.6 Å². The molecule has 0 unspecified atom stereocenters. The van der Waals surface area contributed by atoms with Gasteiger partial charge in [-0.1, -0.05) is 25.6 Å². The molecule has 7 nitrogen and oxygen atoms in total. The number of nitrogens with one attached hydrogen (secondary N) is 2. The lowest BCUT2D eigenvalue weighted by Crippen LogP contribution is -2.45. The number of aliphatic imine (C=N–C) groups is 1. The van der Waals surface area contributed by atoms with Crippen molar-refractivity contribution in [2.24, 2.45) is 10.9 Å². The molecule has 1 aromatic heterocycles. The summed E-state index contributed by atoms with van der Waals surface area (Å²) in [6.45, 7) is 17.2. The number of nitrogens with zero attached hydrogens (tertiary/aromatic N) is 5. The molecule has 1 heterocycles. The van der Waals surface area contributed by atoms with E-state index in [2.05, 4.69) is 83.1 Å². The van der Waals surface area contributed by atoms with Crippen LogP contribution in [0.15, 0.2) is 10.1 Å². The standard InChI is InChI=1S/C20H41N7S/c1-15(2)14-27-18(24-25-20(27)28-8)10-9-11-22-19(21-7)23-12-13-26(16(3)4)17(5)6/h15-17H,9-14H2,1-8H3,(H2,21,22,23). The van der Waals surface area contributed by atoms with Crippen molar-refractivity contribution in [3.05, 3.63) is 5.82 Å². The van der Waals surface area contributed by atoms with Crippen LogP contribution in [0.5, 0.6) is 0 Å². The second-order valence-electron chi connectivity index (χ2n) is 8.06. The molecule has 0 bridgehead atoms. The molecule has 1 rings (SSSR count). The molecule has 0 saturated heterocycles. The number of aromatic nitrogens is 3. The van der Waals surface area contributed by atoms with Crippen molar-refractivity contribution in [3.8, 4) is 0 Å². The van der Waals surface area contributed by atoms with Gasteiger partial charge in [0, 0.05) is 51.7 Å². The number of aryl methyl sites for hydroxylation is 1. The molecule has 2 N–H and O–H groups in total. The lowest BCUT2D eigenvalue weighted by Gasteiger charge is -2.30. The molecule has 0 aliphatic rings. The van der Waals surface area contributed by atoms with Gasteiger partial charge in [-0.3, -0.25) is 9.89 Å². The fraction of sp³-hybridized carbons (Fsp3) is 0.850. The number of guanidine groups is 1. The van der Waals surface area contributed by atoms with E-state index in [1.807, 2.05) is 7.05 Å². The van der Waals surface area contributed by atoms with Gasteiger partial charge in [0.05, 0.1) is 0 Å². The van der Waals surface area contributed by atoms with Crippen molar-refractivity contribution in [2.45, 2.75) is 78.2 Å². The molecule has 1 aromatic rings. The topological polar surface area (TPSA) is 70.4 Å². The molecule has 0 aromatic carbocycles. The van der Waals surface area contributed by atoms with Crippen molar-refractivity contribution < 1.29 is 0 Å². The molecule has 0 aliphatic carbocycles. The Labute approximate surface area is 176 Å². The fourth-order valence-corrected chi connectivity index (χ4v) is 3.82. The lowest BCUT2D eigenvalue weighted by atomic mass is 10.2. The van der Waals surface area contributed by atoms with Gasteiger partial charge in [0.2, 0.25) is 0 Å². The van der Waals surface area contributed by atoms with E-state index in [-0.39, 0.29) is 0 Å². The van der Waals surface area contributed by atoms with Crippen LogP contribution in [0.4, 0.5) is 0 Å². The normalized spacial score (nSPS) is 12.6. The van der Waals surface area contributed by atoms with E-state index >= 15 is 0 Å². The van der Waals surface area contributed by atoms with Crippen molar-refractivity contribution >= 4 is 17.7 Å². The van der Waals surface area contributed by atoms with Gasteiger partial charge >= 0.3 is 0 Å². The first-order chi connectivity index (χ1) is 13.3. The molecule has 28 heavy (non-hydrogen) atoms. The van der Waals surface area contributed by atoms with Gasteiger partial charge in [0.25, 0.3) is 0 Å². The maximum atomic E-state index is 4.39. The minimum Gasteiger partial charge on any atom is -0.356 e. The van der Waals surface area contributed by atoms with Gasteiger partial charge in [-0.25, -0.2) is 0 Å². The van der Waals surface area contributed by atoms with Crippen LogP contribution in [0, 0.1) is 5.92 Å². The Morgan fingerprint density at radius 2 is 1.71 bits per heavy atom. The summed E-state index contributed by atoms with van der Waals surface area (Å²) in [4.78, 5) is 6.81. The monoisotopic (exact) mass is 411 g/mol. The summed E-state index contributed by atoms with van der Waals surface area (Å²) >= 11 is 1.66. The third kappa shape index (κ3) is 8.39. The molecule has 0 spiro atoms. The minimum absolute atomic E-state index is 0.547. The second-order valence-corrected chi connectivity index (χ2v) is 8.84. The molecule has 162 valence electrons. The number of hydrogen-bond acceptors (Lipinski definition) is 5. The Balaban J connectivity index is 2.41. The zero-order valence-electron chi connectivity index (χ0n) is 19.1. The molecular weight excluding hydrogens is 370 g/mol. The number of thioether (sulfide) groups is 1. The van der Waals surface area contributed by atoms with Crippen molar-refractivity contribution in [1.29, 1.82) is 0 Å². The molecular formula is C20H41N7S. The first-order valence-corrected chi connectivity index (χ1v) is 11.7. The summed E-state index contributed by atoms with van der Waals surface area (Å²) in [7, 11) is 1.82. The van der Waals surface area contributed by atoms with Crippen LogP contribution >= 0.6 is 11.8 Å². The fourth-order valence-electron chi connectivity index (χ4n) is 3.29. The Morgan fingerprint density at radius 1 is 1.07 bits per heavy atom. The van der Waals surface area contributed by atoms with E-state index in [1.54, 1.807) is 11.8 Å². The smallest absolute Gasteiger partial charge is 0.191 e. The van der Waals surface area contributed by atoms with Crippen molar-refractivity contribution in [1.82, 2.24) is 30.3 Å². The molecule has 0 fully saturated rings. The zero-order chi connectivity index (χ0) is 21.1. The highest BCUT2D eigenvalue weighted by atomic mass is 32.2. The third-order valence-corrected chi connectivity index (χ3v) is 5.27. The largest absolute Gasteiger partial charge is 0.356 e. The Kier molecular flexibility index (Phi) is 11.5. The first-order valence-electron chi connectivity index (χ1n) is 10.5. The summed E-state index contributed by atoms with van der Waals surface area (Å²) in [6, 6.07) is 1.09. The van der Waals surface area contributed by atoms with Crippen LogP contribution in [-0.4, -0.2) is 70.6 Å². The van der Waals surface area contributed by atoms with E-state index in [9.17, 15) is 0 Å². The van der Waals surface area contributed by atoms with Crippen LogP contribution in [-0.2, 0) is 13.0 Å². The highest BCUT2D eigenvalue weighted by Gasteiger charge is 2.13. The van der Waals surface area contributed by atoms with Gasteiger partial charge in [0.1, 0.15) is 5.82 Å². The predicted molar refractivity (Wildman–Crippen MR) is 121 cm³/mol. The quantitative estimate of drug-likeness (QED) is 0.239. The molecule has 8 heteroatoms. The van der Waals surface area contributed by atoms with Gasteiger partial charge in [0.15, 0.2) is 11.1 Å². The summed E-state index contributed by atoms with van der Waals surface area (Å²) in [5, 5.41) is 16.5. The maximum Gasteiger partial charge on any atom is 0.191 e. The van der Waals surface area contributed by atoms with Crippen LogP contribution in [0.2, 0.25) is 0 Å². The van der Waals surface area contributed by atoms with Gasteiger partial charge in [-0.15, -0.1) is 10.2 Å². The predicted octanol–water partition coefficient (Wildman–Crippen LogP) is 2.87. The van der Waals surface area contributed by atoms with Crippen molar-refractivity contribution in [2.75, 3.05) is 32.9 Å². The molecule has 0 amide bonds. The van der Waals surface area contributed by atoms with Crippen LogP contribution in [0.3, 0.4) is 0 Å². The molecule has 0 aliphatic heterocycles. The highest BCUT2D eigenvalue weighted by molar-refractivity contribution is 7.98. The average molecular weight is 412 g/mol. The highest BCUT2D eigenvalue weighted by Crippen LogP contribution is 2.16.